The highest BCUT2D eigenvalue weighted by atomic mass is 32.2. The highest BCUT2D eigenvalue weighted by Gasteiger charge is 2.37. The second kappa shape index (κ2) is 9.44. The maximum absolute atomic E-state index is 13.5. The van der Waals surface area contributed by atoms with Crippen molar-refractivity contribution in [1.82, 2.24) is 4.31 Å². The van der Waals surface area contributed by atoms with E-state index < -0.39 is 10.0 Å². The lowest BCUT2D eigenvalue weighted by molar-refractivity contribution is 0.499. The van der Waals surface area contributed by atoms with E-state index in [9.17, 15) is 8.42 Å². The van der Waals surface area contributed by atoms with Gasteiger partial charge in [-0.2, -0.15) is 0 Å². The Morgan fingerprint density at radius 1 is 0.968 bits per heavy atom. The molecule has 164 valence electrons. The number of unbranched alkanes of at least 4 members (excludes halogenated alkanes) is 3. The van der Waals surface area contributed by atoms with E-state index in [1.807, 2.05) is 19.1 Å². The third-order valence-electron chi connectivity index (χ3n) is 6.51. The normalized spacial score (nSPS) is 18.8. The highest BCUT2D eigenvalue weighted by molar-refractivity contribution is 7.89. The SMILES string of the molecule is CCCCCCC1=CC(c2ccccc2)CC2=C1N(S(=O)(=O)c1ccc(C)cc1)CC2. The summed E-state index contributed by atoms with van der Waals surface area (Å²) >= 11 is 0. The van der Waals surface area contributed by atoms with Gasteiger partial charge in [-0.15, -0.1) is 0 Å². The molecular weight excluding hydrogens is 402 g/mol. The molecule has 1 unspecified atom stereocenters. The average molecular weight is 436 g/mol. The molecule has 0 N–H and O–H groups in total. The Kier molecular flexibility index (Phi) is 6.66. The standard InChI is InChI=1S/C27H33NO2S/c1-3-4-5-7-12-23-19-25(22-10-8-6-9-11-22)20-24-17-18-28(27(23)24)31(29,30)26-15-13-21(2)14-16-26/h6,8-11,13-16,19,25H,3-5,7,12,17-18,20H2,1-2H3. The molecule has 3 nitrogen and oxygen atoms in total. The third kappa shape index (κ3) is 4.64. The van der Waals surface area contributed by atoms with E-state index >= 15 is 0 Å². The van der Waals surface area contributed by atoms with Crippen LogP contribution in [-0.2, 0) is 10.0 Å². The van der Waals surface area contributed by atoms with Gasteiger partial charge in [-0.05, 0) is 61.4 Å². The Balaban J connectivity index is 1.67. The number of benzene rings is 2. The third-order valence-corrected chi connectivity index (χ3v) is 8.32. The first kappa shape index (κ1) is 21.9. The molecule has 0 spiro atoms. The van der Waals surface area contributed by atoms with Gasteiger partial charge in [0.15, 0.2) is 0 Å². The van der Waals surface area contributed by atoms with Crippen molar-refractivity contribution < 1.29 is 8.42 Å². The molecule has 0 radical (unpaired) electrons. The molecule has 2 aliphatic rings. The zero-order valence-corrected chi connectivity index (χ0v) is 19.5. The van der Waals surface area contributed by atoms with Crippen molar-refractivity contribution in [2.24, 2.45) is 0 Å². The Morgan fingerprint density at radius 3 is 2.42 bits per heavy atom. The van der Waals surface area contributed by atoms with Gasteiger partial charge >= 0.3 is 0 Å². The van der Waals surface area contributed by atoms with Crippen LogP contribution in [-0.4, -0.2) is 19.3 Å². The van der Waals surface area contributed by atoms with Crippen LogP contribution in [0.2, 0.25) is 0 Å². The van der Waals surface area contributed by atoms with E-state index in [0.29, 0.717) is 17.4 Å². The van der Waals surface area contributed by atoms with Gasteiger partial charge in [-0.1, -0.05) is 80.3 Å². The predicted octanol–water partition coefficient (Wildman–Crippen LogP) is 6.73. The lowest BCUT2D eigenvalue weighted by Gasteiger charge is -2.29. The van der Waals surface area contributed by atoms with Crippen molar-refractivity contribution in [1.29, 1.82) is 0 Å². The van der Waals surface area contributed by atoms with Gasteiger partial charge in [-0.3, -0.25) is 4.31 Å². The Bertz CT molecular complexity index is 1070. The number of nitrogens with zero attached hydrogens (tertiary/aromatic N) is 1. The maximum Gasteiger partial charge on any atom is 0.264 e. The van der Waals surface area contributed by atoms with E-state index in [0.717, 1.165) is 36.9 Å². The predicted molar refractivity (Wildman–Crippen MR) is 127 cm³/mol. The molecule has 1 aliphatic carbocycles. The molecule has 0 saturated carbocycles. The minimum atomic E-state index is -3.54. The fourth-order valence-corrected chi connectivity index (χ4v) is 6.36. The van der Waals surface area contributed by atoms with Crippen molar-refractivity contribution in [2.75, 3.05) is 6.54 Å². The lowest BCUT2D eigenvalue weighted by Crippen LogP contribution is -2.29. The molecule has 1 heterocycles. The number of sulfonamides is 1. The molecule has 2 aromatic carbocycles. The minimum Gasteiger partial charge on any atom is -0.266 e. The molecule has 4 heteroatoms. The van der Waals surface area contributed by atoms with Crippen LogP contribution in [0.5, 0.6) is 0 Å². The first-order chi connectivity index (χ1) is 15.0. The van der Waals surface area contributed by atoms with Crippen molar-refractivity contribution >= 4 is 10.0 Å². The largest absolute Gasteiger partial charge is 0.266 e. The number of allylic oxidation sites excluding steroid dienone is 2. The summed E-state index contributed by atoms with van der Waals surface area (Å²) in [5.74, 6) is 0.336. The molecule has 0 aromatic heterocycles. The van der Waals surface area contributed by atoms with Crippen LogP contribution < -0.4 is 0 Å². The van der Waals surface area contributed by atoms with Gasteiger partial charge < -0.3 is 0 Å². The first-order valence-electron chi connectivity index (χ1n) is 11.6. The summed E-state index contributed by atoms with van der Waals surface area (Å²) in [6.07, 6.45) is 9.77. The number of hydrogen-bond acceptors (Lipinski definition) is 2. The molecule has 2 aromatic rings. The molecular formula is C27H33NO2S. The molecule has 4 rings (SSSR count). The number of aryl methyl sites for hydroxylation is 1. The summed E-state index contributed by atoms with van der Waals surface area (Å²) in [4.78, 5) is 0.391. The quantitative estimate of drug-likeness (QED) is 0.431. The zero-order valence-electron chi connectivity index (χ0n) is 18.7. The van der Waals surface area contributed by atoms with E-state index in [1.54, 1.807) is 16.4 Å². The second-order valence-electron chi connectivity index (χ2n) is 8.82. The monoisotopic (exact) mass is 435 g/mol. The van der Waals surface area contributed by atoms with Crippen LogP contribution in [0.4, 0.5) is 0 Å². The molecule has 1 aliphatic heterocycles. The number of hydrogen-bond donors (Lipinski definition) is 0. The fraction of sp³-hybridized carbons (Fsp3) is 0.407. The first-order valence-corrected chi connectivity index (χ1v) is 13.0. The smallest absolute Gasteiger partial charge is 0.264 e. The summed E-state index contributed by atoms with van der Waals surface area (Å²) in [6, 6.07) is 17.9. The van der Waals surface area contributed by atoms with Crippen LogP contribution in [0.25, 0.3) is 0 Å². The Morgan fingerprint density at radius 2 is 1.71 bits per heavy atom. The van der Waals surface area contributed by atoms with Crippen LogP contribution in [0.1, 0.15) is 68.9 Å². The average Bonchev–Trinajstić information content (AvgIpc) is 3.23. The summed E-state index contributed by atoms with van der Waals surface area (Å²) in [5.41, 5.74) is 5.90. The molecule has 0 saturated heterocycles. The van der Waals surface area contributed by atoms with E-state index in [-0.39, 0.29) is 0 Å². The lowest BCUT2D eigenvalue weighted by atomic mass is 9.82. The molecule has 0 amide bonds. The molecule has 31 heavy (non-hydrogen) atoms. The molecule has 0 fully saturated rings. The van der Waals surface area contributed by atoms with Gasteiger partial charge in [0.2, 0.25) is 0 Å². The summed E-state index contributed by atoms with van der Waals surface area (Å²) < 4.78 is 28.8. The Hall–Kier alpha value is -2.33. The number of rotatable bonds is 8. The van der Waals surface area contributed by atoms with Crippen molar-refractivity contribution in [2.45, 2.75) is 69.6 Å². The fourth-order valence-electron chi connectivity index (χ4n) is 4.81. The summed E-state index contributed by atoms with van der Waals surface area (Å²) in [5, 5.41) is 0. The van der Waals surface area contributed by atoms with Crippen molar-refractivity contribution in [3.05, 3.63) is 88.6 Å². The minimum absolute atomic E-state index is 0.336. The van der Waals surface area contributed by atoms with E-state index in [4.69, 9.17) is 0 Å². The second-order valence-corrected chi connectivity index (χ2v) is 10.7. The van der Waals surface area contributed by atoms with Crippen LogP contribution in [0, 0.1) is 6.92 Å². The van der Waals surface area contributed by atoms with Crippen LogP contribution >= 0.6 is 0 Å². The highest BCUT2D eigenvalue weighted by Crippen LogP contribution is 2.44. The maximum atomic E-state index is 13.5. The topological polar surface area (TPSA) is 37.4 Å². The van der Waals surface area contributed by atoms with E-state index in [2.05, 4.69) is 43.3 Å². The van der Waals surface area contributed by atoms with Gasteiger partial charge in [0.25, 0.3) is 10.0 Å². The van der Waals surface area contributed by atoms with Gasteiger partial charge in [0.1, 0.15) is 0 Å². The molecule has 0 bridgehead atoms. The van der Waals surface area contributed by atoms with Crippen LogP contribution in [0.3, 0.4) is 0 Å². The van der Waals surface area contributed by atoms with E-state index in [1.165, 1.54) is 36.0 Å². The Labute approximate surface area is 187 Å². The van der Waals surface area contributed by atoms with Gasteiger partial charge in [0.05, 0.1) is 10.6 Å². The molecule has 1 atom stereocenters. The summed E-state index contributed by atoms with van der Waals surface area (Å²) in [7, 11) is -3.54. The van der Waals surface area contributed by atoms with Crippen molar-refractivity contribution in [3.8, 4) is 0 Å². The summed E-state index contributed by atoms with van der Waals surface area (Å²) in [6.45, 7) is 4.75. The van der Waals surface area contributed by atoms with Gasteiger partial charge in [0, 0.05) is 12.5 Å². The van der Waals surface area contributed by atoms with Gasteiger partial charge in [-0.25, -0.2) is 8.42 Å². The van der Waals surface area contributed by atoms with Crippen LogP contribution in [0.15, 0.2) is 82.4 Å². The van der Waals surface area contributed by atoms with Crippen molar-refractivity contribution in [3.63, 3.8) is 0 Å². The zero-order chi connectivity index (χ0) is 21.8.